The largest absolute Gasteiger partial charge is 0.492 e. The van der Waals surface area contributed by atoms with Crippen LogP contribution in [0.5, 0.6) is 5.75 Å². The van der Waals surface area contributed by atoms with Gasteiger partial charge in [-0.2, -0.15) is 16.4 Å². The molecule has 3 aromatic rings. The van der Waals surface area contributed by atoms with Gasteiger partial charge in [0.25, 0.3) is 0 Å². The van der Waals surface area contributed by atoms with Gasteiger partial charge in [-0.05, 0) is 40.6 Å². The number of hydrogen-bond acceptors (Lipinski definition) is 5. The number of benzene rings is 1. The molecule has 0 aliphatic rings. The minimum atomic E-state index is -0.180. The molecule has 0 atom stereocenters. The Balaban J connectivity index is 1.51. The van der Waals surface area contributed by atoms with Crippen LogP contribution < -0.4 is 10.1 Å². The van der Waals surface area contributed by atoms with Gasteiger partial charge in [0.15, 0.2) is 0 Å². The van der Waals surface area contributed by atoms with Gasteiger partial charge in [-0.25, -0.2) is 9.67 Å². The molecule has 0 saturated heterocycles. The fourth-order valence-corrected chi connectivity index (χ4v) is 2.62. The van der Waals surface area contributed by atoms with Crippen molar-refractivity contribution in [3.05, 3.63) is 65.4 Å². The van der Waals surface area contributed by atoms with Crippen molar-refractivity contribution in [3.8, 4) is 5.75 Å². The van der Waals surface area contributed by atoms with Crippen LogP contribution in [-0.4, -0.2) is 27.3 Å². The van der Waals surface area contributed by atoms with Gasteiger partial charge in [0.1, 0.15) is 25.0 Å². The second kappa shape index (κ2) is 8.07. The summed E-state index contributed by atoms with van der Waals surface area (Å²) in [6, 6.07) is 9.25. The normalized spacial score (nSPS) is 10.8. The third-order valence-corrected chi connectivity index (χ3v) is 3.83. The standard InChI is InChI=1S/C17H16N4O2S/c22-17(5-4-14-6-9-24-11-14)20-15-2-1-3-16(10-15)23-8-7-21-13-18-12-19-21/h1-6,9-13H,7-8H2,(H,20,22). The van der Waals surface area contributed by atoms with Crippen molar-refractivity contribution in [2.45, 2.75) is 6.54 Å². The molecule has 0 fully saturated rings. The van der Waals surface area contributed by atoms with E-state index in [0.717, 1.165) is 5.56 Å². The van der Waals surface area contributed by atoms with Crippen LogP contribution in [0.3, 0.4) is 0 Å². The summed E-state index contributed by atoms with van der Waals surface area (Å²) in [7, 11) is 0. The van der Waals surface area contributed by atoms with E-state index in [1.807, 2.05) is 35.0 Å². The van der Waals surface area contributed by atoms with Gasteiger partial charge < -0.3 is 10.1 Å². The van der Waals surface area contributed by atoms with Crippen molar-refractivity contribution in [1.29, 1.82) is 0 Å². The lowest BCUT2D eigenvalue weighted by atomic mass is 10.3. The number of ether oxygens (including phenoxy) is 1. The number of amides is 1. The molecule has 1 amide bonds. The Labute approximate surface area is 143 Å². The molecule has 24 heavy (non-hydrogen) atoms. The number of rotatable bonds is 7. The molecule has 1 aromatic carbocycles. The zero-order chi connectivity index (χ0) is 16.6. The number of hydrogen-bond donors (Lipinski definition) is 1. The van der Waals surface area contributed by atoms with E-state index in [1.54, 1.807) is 34.5 Å². The van der Waals surface area contributed by atoms with E-state index in [4.69, 9.17) is 4.74 Å². The fraction of sp³-hybridized carbons (Fsp3) is 0.118. The Kier molecular flexibility index (Phi) is 5.36. The molecule has 0 saturated carbocycles. The Hall–Kier alpha value is -2.93. The average Bonchev–Trinajstić information content (AvgIpc) is 3.27. The van der Waals surface area contributed by atoms with Crippen molar-refractivity contribution in [2.24, 2.45) is 0 Å². The summed E-state index contributed by atoms with van der Waals surface area (Å²) in [6.07, 6.45) is 6.42. The van der Waals surface area contributed by atoms with Gasteiger partial charge in [0, 0.05) is 17.8 Å². The van der Waals surface area contributed by atoms with Crippen LogP contribution in [0.25, 0.3) is 6.08 Å². The predicted molar refractivity (Wildman–Crippen MR) is 93.9 cm³/mol. The molecule has 0 aliphatic heterocycles. The van der Waals surface area contributed by atoms with E-state index < -0.39 is 0 Å². The van der Waals surface area contributed by atoms with Crippen molar-refractivity contribution in [3.63, 3.8) is 0 Å². The lowest BCUT2D eigenvalue weighted by molar-refractivity contribution is -0.111. The molecule has 6 nitrogen and oxygen atoms in total. The molecule has 7 heteroatoms. The molecule has 0 spiro atoms. The number of nitrogens with one attached hydrogen (secondary N) is 1. The van der Waals surface area contributed by atoms with Crippen LogP contribution in [0.15, 0.2) is 59.8 Å². The third-order valence-electron chi connectivity index (χ3n) is 3.13. The Morgan fingerprint density at radius 3 is 3.12 bits per heavy atom. The number of aromatic nitrogens is 3. The van der Waals surface area contributed by atoms with Crippen molar-refractivity contribution < 1.29 is 9.53 Å². The predicted octanol–water partition coefficient (Wildman–Crippen LogP) is 3.07. The number of anilines is 1. The zero-order valence-electron chi connectivity index (χ0n) is 12.8. The van der Waals surface area contributed by atoms with E-state index in [2.05, 4.69) is 15.4 Å². The van der Waals surface area contributed by atoms with Crippen LogP contribution in [0.1, 0.15) is 5.56 Å². The van der Waals surface area contributed by atoms with E-state index in [9.17, 15) is 4.79 Å². The summed E-state index contributed by atoms with van der Waals surface area (Å²) in [6.45, 7) is 1.08. The van der Waals surface area contributed by atoms with E-state index >= 15 is 0 Å². The Morgan fingerprint density at radius 2 is 2.33 bits per heavy atom. The SMILES string of the molecule is O=C(C=Cc1ccsc1)Nc1cccc(OCCn2cncn2)c1. The van der Waals surface area contributed by atoms with Gasteiger partial charge in [-0.15, -0.1) is 0 Å². The smallest absolute Gasteiger partial charge is 0.248 e. The summed E-state index contributed by atoms with van der Waals surface area (Å²) in [5.74, 6) is 0.510. The van der Waals surface area contributed by atoms with Gasteiger partial charge >= 0.3 is 0 Å². The van der Waals surface area contributed by atoms with E-state index in [-0.39, 0.29) is 5.91 Å². The quantitative estimate of drug-likeness (QED) is 0.671. The summed E-state index contributed by atoms with van der Waals surface area (Å²) in [5, 5.41) is 10.8. The van der Waals surface area contributed by atoms with E-state index in [0.29, 0.717) is 24.6 Å². The first-order valence-corrected chi connectivity index (χ1v) is 8.30. The van der Waals surface area contributed by atoms with Crippen LogP contribution >= 0.6 is 11.3 Å². The number of nitrogens with zero attached hydrogens (tertiary/aromatic N) is 3. The van der Waals surface area contributed by atoms with Crippen LogP contribution in [0.2, 0.25) is 0 Å². The molecule has 0 aliphatic carbocycles. The van der Waals surface area contributed by atoms with Crippen molar-refractivity contribution in [1.82, 2.24) is 14.8 Å². The molecule has 0 unspecified atom stereocenters. The van der Waals surface area contributed by atoms with E-state index in [1.165, 1.54) is 12.4 Å². The maximum Gasteiger partial charge on any atom is 0.248 e. The Morgan fingerprint density at radius 1 is 1.38 bits per heavy atom. The lowest BCUT2D eigenvalue weighted by Gasteiger charge is -2.08. The number of carbonyl (C=O) groups is 1. The van der Waals surface area contributed by atoms with Crippen LogP contribution in [0, 0.1) is 0 Å². The molecule has 2 heterocycles. The highest BCUT2D eigenvalue weighted by molar-refractivity contribution is 7.08. The molecular weight excluding hydrogens is 324 g/mol. The minimum absolute atomic E-state index is 0.180. The van der Waals surface area contributed by atoms with Gasteiger partial charge in [-0.1, -0.05) is 6.07 Å². The van der Waals surface area contributed by atoms with Gasteiger partial charge in [0.05, 0.1) is 6.54 Å². The maximum absolute atomic E-state index is 11.9. The van der Waals surface area contributed by atoms with Crippen LogP contribution in [0.4, 0.5) is 5.69 Å². The second-order valence-corrected chi connectivity index (χ2v) is 5.69. The van der Waals surface area contributed by atoms with Crippen molar-refractivity contribution in [2.75, 3.05) is 11.9 Å². The summed E-state index contributed by atoms with van der Waals surface area (Å²) in [4.78, 5) is 15.8. The molecule has 0 bridgehead atoms. The first-order chi connectivity index (χ1) is 11.8. The number of thiophene rings is 1. The highest BCUT2D eigenvalue weighted by Gasteiger charge is 2.01. The highest BCUT2D eigenvalue weighted by atomic mass is 32.1. The molecule has 2 aromatic heterocycles. The molecule has 3 rings (SSSR count). The maximum atomic E-state index is 11.9. The van der Waals surface area contributed by atoms with Crippen molar-refractivity contribution >= 4 is 29.0 Å². The molecule has 0 radical (unpaired) electrons. The molecule has 1 N–H and O–H groups in total. The average molecular weight is 340 g/mol. The summed E-state index contributed by atoms with van der Waals surface area (Å²) in [5.41, 5.74) is 1.70. The number of carbonyl (C=O) groups excluding carboxylic acids is 1. The zero-order valence-corrected chi connectivity index (χ0v) is 13.6. The monoisotopic (exact) mass is 340 g/mol. The first kappa shape index (κ1) is 15.9. The minimum Gasteiger partial charge on any atom is -0.492 e. The topological polar surface area (TPSA) is 69.0 Å². The summed E-state index contributed by atoms with van der Waals surface area (Å²) < 4.78 is 7.36. The third kappa shape index (κ3) is 4.79. The van der Waals surface area contributed by atoms with Gasteiger partial charge in [-0.3, -0.25) is 4.79 Å². The molecular formula is C17H16N4O2S. The van der Waals surface area contributed by atoms with Gasteiger partial charge in [0.2, 0.25) is 5.91 Å². The fourth-order valence-electron chi connectivity index (χ4n) is 1.99. The lowest BCUT2D eigenvalue weighted by Crippen LogP contribution is -2.10. The molecule has 122 valence electrons. The first-order valence-electron chi connectivity index (χ1n) is 7.36. The Bertz CT molecular complexity index is 798. The second-order valence-electron chi connectivity index (χ2n) is 4.91. The summed E-state index contributed by atoms with van der Waals surface area (Å²) >= 11 is 1.59. The van der Waals surface area contributed by atoms with Crippen LogP contribution in [-0.2, 0) is 11.3 Å². The highest BCUT2D eigenvalue weighted by Crippen LogP contribution is 2.17.